The molecule has 0 unspecified atom stereocenters. The van der Waals surface area contributed by atoms with Gasteiger partial charge in [0.1, 0.15) is 13.2 Å². The lowest BCUT2D eigenvalue weighted by Crippen LogP contribution is -2.69. The summed E-state index contributed by atoms with van der Waals surface area (Å²) in [4.78, 5) is 8.03. The van der Waals surface area contributed by atoms with Crippen molar-refractivity contribution >= 4 is 57.4 Å². The van der Waals surface area contributed by atoms with Crippen LogP contribution in [0, 0.1) is 0 Å². The van der Waals surface area contributed by atoms with Gasteiger partial charge in [0.05, 0.1) is 0 Å². The van der Waals surface area contributed by atoms with Crippen molar-refractivity contribution in [1.82, 2.24) is 0 Å². The van der Waals surface area contributed by atoms with Gasteiger partial charge in [-0.15, -0.1) is 0 Å². The summed E-state index contributed by atoms with van der Waals surface area (Å²) in [7, 11) is 4.04. The molecule has 0 spiro atoms. The highest BCUT2D eigenvalue weighted by Gasteiger charge is 2.10. The molecule has 3 N–H and O–H groups in total. The van der Waals surface area contributed by atoms with Crippen LogP contribution < -0.4 is 19.4 Å². The molecule has 5 rings (SSSR count). The third-order valence-electron chi connectivity index (χ3n) is 9.81. The van der Waals surface area contributed by atoms with Gasteiger partial charge in [-0.2, -0.15) is 4.57 Å². The number of anilines is 2. The number of benzene rings is 4. The van der Waals surface area contributed by atoms with E-state index < -0.39 is 0 Å². The molecule has 0 aliphatic rings. The SMILES string of the molecule is OCC[NH+]=C\C=C/C=C/C=C/c1ccc(N(CCCCSSCCCCN(Cc2ccccc2)c2ccc(/C=C/c3cccc[n+]3CCO)cc2)Cc2ccccc2)cc1. The first-order valence-corrected chi connectivity index (χ1v) is 23.7. The number of pyridine rings is 1. The Morgan fingerprint density at radius 2 is 1.05 bits per heavy atom. The molecule has 0 fully saturated rings. The lowest BCUT2D eigenvalue weighted by atomic mass is 10.1. The Hall–Kier alpha value is -5.12. The molecular weight excluding hydrogens is 777 g/mol. The average molecular weight is 839 g/mol. The van der Waals surface area contributed by atoms with Gasteiger partial charge < -0.3 is 20.0 Å². The molecule has 5 aromatic rings. The summed E-state index contributed by atoms with van der Waals surface area (Å²) >= 11 is 0. The number of unbranched alkanes of at least 4 members (excludes halogenated alkanes) is 2. The summed E-state index contributed by atoms with van der Waals surface area (Å²) in [5, 5.41) is 18.2. The van der Waals surface area contributed by atoms with Crippen LogP contribution in [0.1, 0.15) is 53.6 Å². The molecule has 312 valence electrons. The van der Waals surface area contributed by atoms with E-state index in [1.54, 1.807) is 0 Å². The Morgan fingerprint density at radius 3 is 1.62 bits per heavy atom. The van der Waals surface area contributed by atoms with Crippen LogP contribution in [-0.2, 0) is 19.6 Å². The van der Waals surface area contributed by atoms with Crippen molar-refractivity contribution in [3.05, 3.63) is 192 Å². The maximum atomic E-state index is 9.43. The van der Waals surface area contributed by atoms with Crippen LogP contribution in [0.15, 0.2) is 164 Å². The first kappa shape index (κ1) is 46.0. The number of hydrogen-bond donors (Lipinski definition) is 3. The van der Waals surface area contributed by atoms with Crippen LogP contribution in [0.25, 0.3) is 18.2 Å². The van der Waals surface area contributed by atoms with Crippen molar-refractivity contribution in [3.8, 4) is 0 Å². The molecule has 0 aliphatic carbocycles. The molecule has 1 aromatic heterocycles. The van der Waals surface area contributed by atoms with Crippen molar-refractivity contribution in [1.29, 1.82) is 0 Å². The zero-order chi connectivity index (χ0) is 41.7. The molecule has 0 saturated heterocycles. The fourth-order valence-electron chi connectivity index (χ4n) is 6.61. The second-order valence-electron chi connectivity index (χ2n) is 14.4. The lowest BCUT2D eigenvalue weighted by molar-refractivity contribution is -0.699. The number of rotatable bonds is 27. The molecule has 4 aromatic carbocycles. The smallest absolute Gasteiger partial charge is 0.205 e. The highest BCUT2D eigenvalue weighted by atomic mass is 33.1. The summed E-state index contributed by atoms with van der Waals surface area (Å²) in [5.41, 5.74) is 8.57. The minimum absolute atomic E-state index is 0.121. The van der Waals surface area contributed by atoms with Gasteiger partial charge in [0.15, 0.2) is 25.5 Å². The Balaban J connectivity index is 1.04. The molecule has 0 aliphatic heterocycles. The van der Waals surface area contributed by atoms with Gasteiger partial charge in [-0.3, -0.25) is 0 Å². The molecule has 0 radical (unpaired) electrons. The zero-order valence-electron chi connectivity index (χ0n) is 34.8. The Bertz CT molecular complexity index is 2050. The fraction of sp³-hybridized carbons (Fsp3) is 0.269. The van der Waals surface area contributed by atoms with Crippen molar-refractivity contribution in [3.63, 3.8) is 0 Å². The highest BCUT2D eigenvalue weighted by Crippen LogP contribution is 2.26. The molecule has 1 heterocycles. The maximum absolute atomic E-state index is 9.43. The van der Waals surface area contributed by atoms with E-state index in [0.29, 0.717) is 13.1 Å². The van der Waals surface area contributed by atoms with Gasteiger partial charge in [-0.1, -0.05) is 137 Å². The van der Waals surface area contributed by atoms with Crippen molar-refractivity contribution < 1.29 is 19.8 Å². The second kappa shape index (κ2) is 28.4. The summed E-state index contributed by atoms with van der Waals surface area (Å²) in [6, 6.07) is 45.4. The predicted octanol–water partition coefficient (Wildman–Crippen LogP) is 9.06. The predicted molar refractivity (Wildman–Crippen MR) is 260 cm³/mol. The summed E-state index contributed by atoms with van der Waals surface area (Å²) in [6.07, 6.45) is 24.9. The molecule has 0 atom stereocenters. The van der Waals surface area contributed by atoms with Gasteiger partial charge >= 0.3 is 0 Å². The fourth-order valence-corrected chi connectivity index (χ4v) is 8.90. The van der Waals surface area contributed by atoms with E-state index in [4.69, 9.17) is 5.11 Å². The number of aromatic nitrogens is 1. The van der Waals surface area contributed by atoms with E-state index in [2.05, 4.69) is 159 Å². The van der Waals surface area contributed by atoms with E-state index in [9.17, 15) is 5.11 Å². The van der Waals surface area contributed by atoms with Gasteiger partial charge in [-0.05, 0) is 84.3 Å². The molecular formula is C52H62N4O2S2+2. The Kier molecular flexibility index (Phi) is 21.7. The van der Waals surface area contributed by atoms with Gasteiger partial charge in [-0.25, -0.2) is 4.99 Å². The summed E-state index contributed by atoms with van der Waals surface area (Å²) < 4.78 is 2.06. The number of nitrogens with zero attached hydrogens (tertiary/aromatic N) is 3. The van der Waals surface area contributed by atoms with Crippen LogP contribution >= 0.6 is 21.6 Å². The number of aliphatic hydroxyl groups excluding tert-OH is 2. The largest absolute Gasteiger partial charge is 0.390 e. The highest BCUT2D eigenvalue weighted by molar-refractivity contribution is 8.76. The quantitative estimate of drug-likeness (QED) is 0.0161. The van der Waals surface area contributed by atoms with Crippen LogP contribution in [0.2, 0.25) is 0 Å². The first-order chi connectivity index (χ1) is 29.7. The molecule has 8 heteroatoms. The van der Waals surface area contributed by atoms with Crippen LogP contribution in [0.5, 0.6) is 0 Å². The number of allylic oxidation sites excluding steroid dienone is 5. The summed E-state index contributed by atoms with van der Waals surface area (Å²) in [6.45, 7) is 5.24. The number of aliphatic hydroxyl groups is 2. The average Bonchev–Trinajstić information content (AvgIpc) is 3.29. The third kappa shape index (κ3) is 17.6. The second-order valence-corrected chi connectivity index (χ2v) is 17.1. The van der Waals surface area contributed by atoms with E-state index in [1.807, 2.05) is 70.4 Å². The lowest BCUT2D eigenvalue weighted by Gasteiger charge is -2.25. The van der Waals surface area contributed by atoms with Gasteiger partial charge in [0, 0.05) is 73.3 Å². The minimum Gasteiger partial charge on any atom is -0.390 e. The van der Waals surface area contributed by atoms with Crippen LogP contribution in [0.3, 0.4) is 0 Å². The van der Waals surface area contributed by atoms with Crippen LogP contribution in [0.4, 0.5) is 11.4 Å². The summed E-state index contributed by atoms with van der Waals surface area (Å²) in [5.74, 6) is 2.33. The molecule has 0 saturated carbocycles. The first-order valence-electron chi connectivity index (χ1n) is 21.2. The molecule has 60 heavy (non-hydrogen) atoms. The standard InChI is InChI=1S/C52H61N4O2S2/c57-40-35-53-34-12-3-1-2-6-18-46-24-30-51(31-25-46)55(44-48-19-7-4-8-20-48)37-14-16-42-59-60-43-17-15-38-56(45-49-21-9-5-10-22-49)52-32-27-47(28-33-52)26-29-50-23-11-13-36-54(50)39-41-58/h1-13,18-34,36,57-58H,14-17,35,37-45H2/q+1/p+1/b2-1+,12-3-,18-6+,53-34?. The molecule has 0 amide bonds. The van der Waals surface area contributed by atoms with E-state index in [1.165, 1.54) is 46.7 Å². The van der Waals surface area contributed by atoms with Crippen LogP contribution in [-0.4, -0.2) is 60.8 Å². The molecule has 0 bridgehead atoms. The molecule has 6 nitrogen and oxygen atoms in total. The number of nitrogens with one attached hydrogen (secondary N) is 1. The topological polar surface area (TPSA) is 64.8 Å². The zero-order valence-corrected chi connectivity index (χ0v) is 36.5. The minimum atomic E-state index is 0.121. The monoisotopic (exact) mass is 838 g/mol. The van der Waals surface area contributed by atoms with Crippen molar-refractivity contribution in [2.45, 2.75) is 45.3 Å². The normalized spacial score (nSPS) is 11.9. The third-order valence-corrected chi connectivity index (χ3v) is 12.4. The van der Waals surface area contributed by atoms with E-state index in [0.717, 1.165) is 56.0 Å². The van der Waals surface area contributed by atoms with Crippen molar-refractivity contribution in [2.24, 2.45) is 0 Å². The van der Waals surface area contributed by atoms with E-state index >= 15 is 0 Å². The van der Waals surface area contributed by atoms with E-state index in [-0.39, 0.29) is 13.2 Å². The Morgan fingerprint density at radius 1 is 0.517 bits per heavy atom. The maximum Gasteiger partial charge on any atom is 0.205 e. The number of hydrogen-bond acceptors (Lipinski definition) is 6. The Labute approximate surface area is 366 Å². The van der Waals surface area contributed by atoms with Gasteiger partial charge in [0.2, 0.25) is 5.69 Å². The van der Waals surface area contributed by atoms with Gasteiger partial charge in [0.25, 0.3) is 0 Å². The van der Waals surface area contributed by atoms with Crippen molar-refractivity contribution in [2.75, 3.05) is 54.2 Å².